The van der Waals surface area contributed by atoms with Crippen LogP contribution in [0.5, 0.6) is 0 Å². The Morgan fingerprint density at radius 3 is 2.12 bits per heavy atom. The fourth-order valence-corrected chi connectivity index (χ4v) is 0.248. The molecule has 0 radical (unpaired) electrons. The molecule has 46 valence electrons. The number of carbonyl (C=O) groups excluding carboxylic acids is 1. The Labute approximate surface area is 49.8 Å². The zero-order valence-corrected chi connectivity index (χ0v) is 5.51. The predicted molar refractivity (Wildman–Crippen MR) is 33.5 cm³/mol. The van der Waals surface area contributed by atoms with Crippen LogP contribution in [-0.4, -0.2) is 25.3 Å². The van der Waals surface area contributed by atoms with Gasteiger partial charge in [0.2, 0.25) is 0 Å². The highest BCUT2D eigenvalue weighted by Crippen LogP contribution is 1.91. The molecule has 0 aliphatic heterocycles. The van der Waals surface area contributed by atoms with E-state index in [9.17, 15) is 4.79 Å². The van der Waals surface area contributed by atoms with Crippen LogP contribution in [-0.2, 0) is 4.79 Å². The normalized spacial score (nSPS) is 11.1. The van der Waals surface area contributed by atoms with E-state index in [-0.39, 0.29) is 0 Å². The average molecular weight is 113 g/mol. The van der Waals surface area contributed by atoms with Crippen molar-refractivity contribution < 1.29 is 4.79 Å². The van der Waals surface area contributed by atoms with Crippen molar-refractivity contribution >= 4 is 6.29 Å². The number of hydrogen-bond donors (Lipinski definition) is 0. The van der Waals surface area contributed by atoms with Crippen LogP contribution in [0.2, 0.25) is 0 Å². The van der Waals surface area contributed by atoms with Gasteiger partial charge < -0.3 is 4.90 Å². The van der Waals surface area contributed by atoms with Crippen molar-refractivity contribution in [2.24, 2.45) is 0 Å². The molecular formula is C6H11NO. The second-order valence-corrected chi connectivity index (χ2v) is 1.84. The number of allylic oxidation sites excluding steroid dienone is 2. The molecule has 0 saturated carbocycles. The smallest absolute Gasteiger partial charge is 0.144 e. The maximum Gasteiger partial charge on any atom is 0.144 e. The Morgan fingerprint density at radius 2 is 2.00 bits per heavy atom. The first-order valence-electron chi connectivity index (χ1n) is 2.48. The van der Waals surface area contributed by atoms with Crippen LogP contribution < -0.4 is 0 Å². The van der Waals surface area contributed by atoms with E-state index in [1.807, 2.05) is 25.9 Å². The second-order valence-electron chi connectivity index (χ2n) is 1.84. The summed E-state index contributed by atoms with van der Waals surface area (Å²) in [6, 6.07) is 0. The molecule has 0 bridgehead atoms. The van der Waals surface area contributed by atoms with E-state index in [4.69, 9.17) is 0 Å². The van der Waals surface area contributed by atoms with Crippen LogP contribution in [0.25, 0.3) is 0 Å². The van der Waals surface area contributed by atoms with Crippen molar-refractivity contribution in [3.05, 3.63) is 11.8 Å². The maximum absolute atomic E-state index is 9.82. The van der Waals surface area contributed by atoms with Gasteiger partial charge in [-0.2, -0.15) is 0 Å². The highest BCUT2D eigenvalue weighted by Gasteiger charge is 1.85. The van der Waals surface area contributed by atoms with Crippen LogP contribution in [0, 0.1) is 0 Å². The Hall–Kier alpha value is -0.790. The molecule has 0 unspecified atom stereocenters. The first-order chi connectivity index (χ1) is 3.68. The topological polar surface area (TPSA) is 20.3 Å². The molecule has 0 aromatic rings. The van der Waals surface area contributed by atoms with E-state index in [0.717, 1.165) is 12.0 Å². The Kier molecular flexibility index (Phi) is 2.92. The Morgan fingerprint density at radius 1 is 1.50 bits per heavy atom. The molecule has 0 aliphatic carbocycles. The number of aldehydes is 1. The fraction of sp³-hybridized carbons (Fsp3) is 0.500. The minimum Gasteiger partial charge on any atom is -0.381 e. The lowest BCUT2D eigenvalue weighted by Crippen LogP contribution is -2.07. The molecule has 8 heavy (non-hydrogen) atoms. The van der Waals surface area contributed by atoms with Gasteiger partial charge in [0.05, 0.1) is 0 Å². The van der Waals surface area contributed by atoms with Gasteiger partial charge in [-0.15, -0.1) is 0 Å². The van der Waals surface area contributed by atoms with Gasteiger partial charge in [-0.1, -0.05) is 0 Å². The SMILES string of the molecule is C/C(=C/C=O)N(C)C. The van der Waals surface area contributed by atoms with Crippen LogP contribution in [0.3, 0.4) is 0 Å². The standard InChI is InChI=1S/C6H11NO/c1-6(4-5-8)7(2)3/h4-5H,1-3H3/b6-4-. The molecule has 2 nitrogen and oxygen atoms in total. The van der Waals surface area contributed by atoms with Crippen molar-refractivity contribution in [1.82, 2.24) is 4.90 Å². The van der Waals surface area contributed by atoms with Gasteiger partial charge in [-0.25, -0.2) is 0 Å². The molecule has 0 aromatic carbocycles. The lowest BCUT2D eigenvalue weighted by atomic mass is 10.4. The third-order valence-corrected chi connectivity index (χ3v) is 1.01. The number of rotatable bonds is 2. The first kappa shape index (κ1) is 7.21. The van der Waals surface area contributed by atoms with Crippen LogP contribution in [0.1, 0.15) is 6.92 Å². The van der Waals surface area contributed by atoms with Crippen LogP contribution in [0.15, 0.2) is 11.8 Å². The highest BCUT2D eigenvalue weighted by molar-refractivity contribution is 5.65. The molecule has 0 fully saturated rings. The van der Waals surface area contributed by atoms with Gasteiger partial charge in [0.1, 0.15) is 6.29 Å². The predicted octanol–water partition coefficient (Wildman–Crippen LogP) is 0.651. The molecule has 0 amide bonds. The summed E-state index contributed by atoms with van der Waals surface area (Å²) in [6.07, 6.45) is 2.31. The third kappa shape index (κ3) is 2.39. The maximum atomic E-state index is 9.82. The summed E-state index contributed by atoms with van der Waals surface area (Å²) < 4.78 is 0. The molecular weight excluding hydrogens is 102 g/mol. The molecule has 0 N–H and O–H groups in total. The Bertz CT molecular complexity index is 105. The third-order valence-electron chi connectivity index (χ3n) is 1.01. The minimum absolute atomic E-state index is 0.787. The zero-order chi connectivity index (χ0) is 6.57. The number of carbonyl (C=O) groups is 1. The molecule has 0 atom stereocenters. The quantitative estimate of drug-likeness (QED) is 0.387. The summed E-state index contributed by atoms with van der Waals surface area (Å²) in [5.41, 5.74) is 0.972. The van der Waals surface area contributed by atoms with Crippen molar-refractivity contribution in [3.8, 4) is 0 Å². The lowest BCUT2D eigenvalue weighted by molar-refractivity contribution is -0.104. The van der Waals surface area contributed by atoms with Gasteiger partial charge in [-0.3, -0.25) is 4.79 Å². The molecule has 0 aliphatic rings. The van der Waals surface area contributed by atoms with Crippen molar-refractivity contribution in [2.75, 3.05) is 14.1 Å². The summed E-state index contributed by atoms with van der Waals surface area (Å²) in [4.78, 5) is 11.7. The van der Waals surface area contributed by atoms with E-state index in [1.165, 1.54) is 6.08 Å². The molecule has 0 rings (SSSR count). The molecule has 0 spiro atoms. The van der Waals surface area contributed by atoms with Gasteiger partial charge in [0, 0.05) is 19.8 Å². The molecule has 0 heterocycles. The molecule has 0 aromatic heterocycles. The number of hydrogen-bond acceptors (Lipinski definition) is 2. The summed E-state index contributed by atoms with van der Waals surface area (Å²) in [5, 5.41) is 0. The van der Waals surface area contributed by atoms with E-state index in [2.05, 4.69) is 0 Å². The number of nitrogens with zero attached hydrogens (tertiary/aromatic N) is 1. The largest absolute Gasteiger partial charge is 0.381 e. The summed E-state index contributed by atoms with van der Waals surface area (Å²) in [5.74, 6) is 0. The lowest BCUT2D eigenvalue weighted by Gasteiger charge is -2.09. The van der Waals surface area contributed by atoms with Crippen LogP contribution in [0.4, 0.5) is 0 Å². The molecule has 2 heteroatoms. The van der Waals surface area contributed by atoms with Crippen molar-refractivity contribution in [3.63, 3.8) is 0 Å². The van der Waals surface area contributed by atoms with Crippen molar-refractivity contribution in [1.29, 1.82) is 0 Å². The molecule has 0 saturated heterocycles. The summed E-state index contributed by atoms with van der Waals surface area (Å²) in [7, 11) is 3.80. The van der Waals surface area contributed by atoms with Crippen LogP contribution >= 0.6 is 0 Å². The average Bonchev–Trinajstić information content (AvgIpc) is 1.67. The fourth-order valence-electron chi connectivity index (χ4n) is 0.248. The van der Waals surface area contributed by atoms with E-state index < -0.39 is 0 Å². The Balaban J connectivity index is 3.78. The van der Waals surface area contributed by atoms with Gasteiger partial charge in [0.25, 0.3) is 0 Å². The summed E-state index contributed by atoms with van der Waals surface area (Å²) >= 11 is 0. The van der Waals surface area contributed by atoms with E-state index in [1.54, 1.807) is 0 Å². The van der Waals surface area contributed by atoms with E-state index in [0.29, 0.717) is 0 Å². The van der Waals surface area contributed by atoms with Gasteiger partial charge >= 0.3 is 0 Å². The minimum atomic E-state index is 0.787. The van der Waals surface area contributed by atoms with Crippen molar-refractivity contribution in [2.45, 2.75) is 6.92 Å². The van der Waals surface area contributed by atoms with Gasteiger partial charge in [-0.05, 0) is 13.0 Å². The highest BCUT2D eigenvalue weighted by atomic mass is 16.1. The van der Waals surface area contributed by atoms with E-state index >= 15 is 0 Å². The zero-order valence-electron chi connectivity index (χ0n) is 5.51. The first-order valence-corrected chi connectivity index (χ1v) is 2.48. The monoisotopic (exact) mass is 113 g/mol. The second kappa shape index (κ2) is 3.24. The van der Waals surface area contributed by atoms with Gasteiger partial charge in [0.15, 0.2) is 0 Å². The summed E-state index contributed by atoms with van der Waals surface area (Å²) in [6.45, 7) is 1.88.